The number of halogens is 2. The molecule has 0 heterocycles. The largest absolute Gasteiger partial charge is 0.346 e. The summed E-state index contributed by atoms with van der Waals surface area (Å²) in [7, 11) is 0. The smallest absolute Gasteiger partial charge is 0.251 e. The average Bonchev–Trinajstić information content (AvgIpc) is 2.23. The van der Waals surface area contributed by atoms with Crippen molar-refractivity contribution in [2.24, 2.45) is 0 Å². The fourth-order valence-corrected chi connectivity index (χ4v) is 3.08. The van der Waals surface area contributed by atoms with E-state index in [1.165, 1.54) is 6.42 Å². The molecule has 0 unspecified atom stereocenters. The Balaban J connectivity index is 2.08. The molecule has 0 radical (unpaired) electrons. The lowest BCUT2D eigenvalue weighted by Crippen LogP contribution is -2.54. The average molecular weight is 394 g/mol. The highest BCUT2D eigenvalue weighted by Crippen LogP contribution is 2.33. The molecule has 0 aliphatic heterocycles. The fraction of sp³-hybridized carbons (Fsp3) is 0.417. The van der Waals surface area contributed by atoms with E-state index in [1.807, 2.05) is 24.3 Å². The monoisotopic (exact) mass is 393 g/mol. The van der Waals surface area contributed by atoms with Gasteiger partial charge in [0.05, 0.1) is 5.54 Å². The normalized spacial score (nSPS) is 17.6. The summed E-state index contributed by atoms with van der Waals surface area (Å²) in [5.41, 5.74) is 0.748. The minimum Gasteiger partial charge on any atom is -0.346 e. The number of benzene rings is 1. The first kappa shape index (κ1) is 12.4. The van der Waals surface area contributed by atoms with E-state index in [2.05, 4.69) is 43.8 Å². The first-order valence-electron chi connectivity index (χ1n) is 5.29. The van der Waals surface area contributed by atoms with Crippen LogP contribution in [-0.4, -0.2) is 16.8 Å². The third-order valence-electron chi connectivity index (χ3n) is 3.03. The van der Waals surface area contributed by atoms with Crippen LogP contribution in [0.1, 0.15) is 29.6 Å². The lowest BCUT2D eigenvalue weighted by Gasteiger charge is -2.41. The van der Waals surface area contributed by atoms with Crippen molar-refractivity contribution in [2.45, 2.75) is 24.8 Å². The predicted molar refractivity (Wildman–Crippen MR) is 77.0 cm³/mol. The van der Waals surface area contributed by atoms with Crippen LogP contribution in [0.25, 0.3) is 0 Å². The molecule has 1 aromatic rings. The lowest BCUT2D eigenvalue weighted by molar-refractivity contribution is 0.0856. The number of hydrogen-bond acceptors (Lipinski definition) is 1. The van der Waals surface area contributed by atoms with E-state index in [4.69, 9.17) is 0 Å². The minimum atomic E-state index is -0.00163. The topological polar surface area (TPSA) is 29.1 Å². The summed E-state index contributed by atoms with van der Waals surface area (Å²) in [5, 5.41) is 3.98. The van der Waals surface area contributed by atoms with E-state index in [9.17, 15) is 4.79 Å². The highest BCUT2D eigenvalue weighted by molar-refractivity contribution is 14.1. The summed E-state index contributed by atoms with van der Waals surface area (Å²) in [5.74, 6) is 0.0395. The number of nitrogens with one attached hydrogen (secondary N) is 1. The quantitative estimate of drug-likeness (QED) is 0.619. The standard InChI is InChI=1S/C12H13BrINO/c13-8-12(5-2-6-12)15-11(16)9-3-1-4-10(14)7-9/h1,3-4,7H,2,5-6,8H2,(H,15,16). The third-order valence-corrected chi connectivity index (χ3v) is 4.78. The highest BCUT2D eigenvalue weighted by Gasteiger charge is 2.37. The van der Waals surface area contributed by atoms with Crippen LogP contribution in [0.5, 0.6) is 0 Å². The Morgan fingerprint density at radius 1 is 1.50 bits per heavy atom. The molecule has 2 rings (SSSR count). The van der Waals surface area contributed by atoms with Crippen molar-refractivity contribution in [1.82, 2.24) is 5.32 Å². The molecule has 1 fully saturated rings. The van der Waals surface area contributed by atoms with Gasteiger partial charge in [0, 0.05) is 14.5 Å². The van der Waals surface area contributed by atoms with Gasteiger partial charge in [-0.25, -0.2) is 0 Å². The Morgan fingerprint density at radius 2 is 2.25 bits per heavy atom. The molecule has 1 amide bonds. The van der Waals surface area contributed by atoms with E-state index >= 15 is 0 Å². The predicted octanol–water partition coefficient (Wildman–Crippen LogP) is 3.34. The van der Waals surface area contributed by atoms with Crippen LogP contribution in [0.2, 0.25) is 0 Å². The molecule has 2 nitrogen and oxygen atoms in total. The van der Waals surface area contributed by atoms with Crippen molar-refractivity contribution < 1.29 is 4.79 Å². The Hall–Kier alpha value is -0.100. The van der Waals surface area contributed by atoms with Gasteiger partial charge in [-0.15, -0.1) is 0 Å². The van der Waals surface area contributed by atoms with Gasteiger partial charge in [-0.2, -0.15) is 0 Å². The first-order valence-corrected chi connectivity index (χ1v) is 7.49. The maximum Gasteiger partial charge on any atom is 0.251 e. The molecule has 0 aromatic heterocycles. The van der Waals surface area contributed by atoms with Crippen molar-refractivity contribution in [1.29, 1.82) is 0 Å². The van der Waals surface area contributed by atoms with Crippen LogP contribution < -0.4 is 5.32 Å². The lowest BCUT2D eigenvalue weighted by atomic mass is 9.78. The second kappa shape index (κ2) is 5.04. The van der Waals surface area contributed by atoms with Gasteiger partial charge in [-0.1, -0.05) is 22.0 Å². The number of alkyl halides is 1. The third kappa shape index (κ3) is 2.59. The van der Waals surface area contributed by atoms with E-state index in [0.717, 1.165) is 27.3 Å². The second-order valence-corrected chi connectivity index (χ2v) is 6.04. The Morgan fingerprint density at radius 3 is 2.75 bits per heavy atom. The van der Waals surface area contributed by atoms with Crippen LogP contribution in [-0.2, 0) is 0 Å². The number of amides is 1. The SMILES string of the molecule is O=C(NC1(CBr)CCC1)c1cccc(I)c1. The van der Waals surface area contributed by atoms with Gasteiger partial charge in [-0.3, -0.25) is 4.79 Å². The molecule has 16 heavy (non-hydrogen) atoms. The summed E-state index contributed by atoms with van der Waals surface area (Å²) in [4.78, 5) is 12.0. The van der Waals surface area contributed by atoms with Crippen molar-refractivity contribution in [3.05, 3.63) is 33.4 Å². The molecule has 1 aliphatic carbocycles. The molecule has 0 saturated heterocycles. The van der Waals surface area contributed by atoms with E-state index in [-0.39, 0.29) is 11.4 Å². The molecule has 1 aliphatic rings. The highest BCUT2D eigenvalue weighted by atomic mass is 127. The Kier molecular flexibility index (Phi) is 3.89. The van der Waals surface area contributed by atoms with Gasteiger partial charge in [0.1, 0.15) is 0 Å². The van der Waals surface area contributed by atoms with Crippen molar-refractivity contribution in [3.8, 4) is 0 Å². The molecule has 1 saturated carbocycles. The molecular weight excluding hydrogens is 381 g/mol. The number of carbonyl (C=O) groups is 1. The van der Waals surface area contributed by atoms with Gasteiger partial charge in [0.2, 0.25) is 0 Å². The second-order valence-electron chi connectivity index (χ2n) is 4.23. The maximum atomic E-state index is 12.0. The summed E-state index contributed by atoms with van der Waals surface area (Å²) in [6.45, 7) is 0. The van der Waals surface area contributed by atoms with Crippen LogP contribution in [0.4, 0.5) is 0 Å². The molecule has 86 valence electrons. The zero-order chi connectivity index (χ0) is 11.6. The molecule has 0 atom stereocenters. The number of hydrogen-bond donors (Lipinski definition) is 1. The maximum absolute atomic E-state index is 12.0. The van der Waals surface area contributed by atoms with Gasteiger partial charge in [0.25, 0.3) is 5.91 Å². The van der Waals surface area contributed by atoms with Crippen molar-refractivity contribution >= 4 is 44.4 Å². The number of carbonyl (C=O) groups excluding carboxylic acids is 1. The number of rotatable bonds is 3. The molecular formula is C12H13BrINO. The van der Waals surface area contributed by atoms with E-state index in [1.54, 1.807) is 0 Å². The van der Waals surface area contributed by atoms with Crippen molar-refractivity contribution in [3.63, 3.8) is 0 Å². The van der Waals surface area contributed by atoms with Crippen LogP contribution in [0, 0.1) is 3.57 Å². The first-order chi connectivity index (χ1) is 7.65. The molecule has 1 aromatic carbocycles. The van der Waals surface area contributed by atoms with Gasteiger partial charge < -0.3 is 5.32 Å². The molecule has 1 N–H and O–H groups in total. The Labute approximate surface area is 117 Å². The van der Waals surface area contributed by atoms with Gasteiger partial charge in [-0.05, 0) is 60.1 Å². The van der Waals surface area contributed by atoms with Crippen LogP contribution in [0.3, 0.4) is 0 Å². The minimum absolute atomic E-state index is 0.00163. The summed E-state index contributed by atoms with van der Waals surface area (Å²) >= 11 is 5.70. The molecule has 4 heteroatoms. The van der Waals surface area contributed by atoms with Crippen LogP contribution in [0.15, 0.2) is 24.3 Å². The summed E-state index contributed by atoms with van der Waals surface area (Å²) in [6, 6.07) is 7.67. The molecule has 0 spiro atoms. The fourth-order valence-electron chi connectivity index (χ4n) is 1.84. The van der Waals surface area contributed by atoms with E-state index in [0.29, 0.717) is 0 Å². The van der Waals surface area contributed by atoms with Crippen molar-refractivity contribution in [2.75, 3.05) is 5.33 Å². The zero-order valence-electron chi connectivity index (χ0n) is 8.80. The zero-order valence-corrected chi connectivity index (χ0v) is 12.5. The van der Waals surface area contributed by atoms with E-state index < -0.39 is 0 Å². The Bertz CT molecular complexity index is 398. The molecule has 0 bridgehead atoms. The van der Waals surface area contributed by atoms with Gasteiger partial charge in [0.15, 0.2) is 0 Å². The summed E-state index contributed by atoms with van der Waals surface area (Å²) in [6.07, 6.45) is 3.36. The summed E-state index contributed by atoms with van der Waals surface area (Å²) < 4.78 is 1.09. The van der Waals surface area contributed by atoms with Crippen LogP contribution >= 0.6 is 38.5 Å². The van der Waals surface area contributed by atoms with Gasteiger partial charge >= 0.3 is 0 Å².